The first-order valence-electron chi connectivity index (χ1n) is 6.59. The van der Waals surface area contributed by atoms with Gasteiger partial charge in [0.1, 0.15) is 5.84 Å². The fraction of sp³-hybridized carbons (Fsp3) is 0.267. The van der Waals surface area contributed by atoms with Crippen molar-refractivity contribution in [3.63, 3.8) is 0 Å². The molecule has 0 bridgehead atoms. The largest absolute Gasteiger partial charge is 0.409 e. The van der Waals surface area contributed by atoms with Crippen LogP contribution in [0.25, 0.3) is 0 Å². The fourth-order valence-corrected chi connectivity index (χ4v) is 3.19. The van der Waals surface area contributed by atoms with E-state index in [1.54, 1.807) is 0 Å². The van der Waals surface area contributed by atoms with Gasteiger partial charge >= 0.3 is 0 Å². The second-order valence-electron chi connectivity index (χ2n) is 4.75. The molecule has 110 valence electrons. The van der Waals surface area contributed by atoms with Gasteiger partial charge in [0.2, 0.25) is 0 Å². The second-order valence-corrected chi connectivity index (χ2v) is 5.92. The zero-order chi connectivity index (χ0) is 15.2. The summed E-state index contributed by atoms with van der Waals surface area (Å²) < 4.78 is 0. The third kappa shape index (κ3) is 4.46. The van der Waals surface area contributed by atoms with Crippen molar-refractivity contribution in [1.29, 1.82) is 0 Å². The van der Waals surface area contributed by atoms with Crippen LogP contribution < -0.4 is 5.73 Å². The third-order valence-electron chi connectivity index (χ3n) is 2.90. The Morgan fingerprint density at radius 3 is 2.43 bits per heavy atom. The molecule has 0 saturated heterocycles. The van der Waals surface area contributed by atoms with Gasteiger partial charge in [-0.3, -0.25) is 0 Å². The van der Waals surface area contributed by atoms with Crippen LogP contribution in [0.2, 0.25) is 0 Å². The molecule has 3 N–H and O–H groups in total. The summed E-state index contributed by atoms with van der Waals surface area (Å²) in [5, 5.41) is 12.6. The van der Waals surface area contributed by atoms with Crippen LogP contribution in [0.5, 0.6) is 0 Å². The Balaban J connectivity index is 2.27. The number of hydrogen-bond donors (Lipinski definition) is 2. The number of aryl methyl sites for hydroxylation is 2. The van der Waals surface area contributed by atoms with E-state index in [1.165, 1.54) is 11.8 Å². The molecule has 1 aromatic carbocycles. The molecule has 1 atom stereocenters. The quantitative estimate of drug-likeness (QED) is 0.221. The first-order valence-corrected chi connectivity index (χ1v) is 7.46. The number of thioether (sulfide) groups is 1. The molecule has 2 aromatic rings. The molecule has 0 spiro atoms. The first kappa shape index (κ1) is 15.3. The molecule has 0 amide bonds. The summed E-state index contributed by atoms with van der Waals surface area (Å²) in [4.78, 5) is 8.88. The van der Waals surface area contributed by atoms with Gasteiger partial charge < -0.3 is 10.9 Å². The predicted octanol–water partition coefficient (Wildman–Crippen LogP) is 3.06. The lowest BCUT2D eigenvalue weighted by molar-refractivity contribution is 0.317. The minimum atomic E-state index is 0.00306. The van der Waals surface area contributed by atoms with Gasteiger partial charge in [-0.25, -0.2) is 9.97 Å². The number of nitrogens with zero attached hydrogens (tertiary/aromatic N) is 3. The van der Waals surface area contributed by atoms with E-state index in [1.807, 2.05) is 50.2 Å². The predicted molar refractivity (Wildman–Crippen MR) is 84.6 cm³/mol. The summed E-state index contributed by atoms with van der Waals surface area (Å²) in [6.45, 7) is 3.89. The molecule has 0 aliphatic carbocycles. The molecule has 21 heavy (non-hydrogen) atoms. The number of oxime groups is 1. The van der Waals surface area contributed by atoms with Crippen LogP contribution >= 0.6 is 11.8 Å². The van der Waals surface area contributed by atoms with E-state index in [9.17, 15) is 0 Å². The maximum absolute atomic E-state index is 8.81. The molecule has 0 aliphatic heterocycles. The normalized spacial score (nSPS) is 13.1. The van der Waals surface area contributed by atoms with Gasteiger partial charge in [-0.05, 0) is 25.5 Å². The number of nitrogens with two attached hydrogens (primary N) is 1. The van der Waals surface area contributed by atoms with Crippen molar-refractivity contribution in [3.8, 4) is 0 Å². The molecule has 2 rings (SSSR count). The molecule has 0 fully saturated rings. The lowest BCUT2D eigenvalue weighted by Gasteiger charge is -2.15. The monoisotopic (exact) mass is 302 g/mol. The molecule has 0 saturated carbocycles. The van der Waals surface area contributed by atoms with Crippen molar-refractivity contribution in [1.82, 2.24) is 9.97 Å². The number of amidine groups is 1. The van der Waals surface area contributed by atoms with Crippen molar-refractivity contribution < 1.29 is 5.21 Å². The Bertz CT molecular complexity index is 611. The lowest BCUT2D eigenvalue weighted by Crippen LogP contribution is -2.15. The van der Waals surface area contributed by atoms with E-state index >= 15 is 0 Å². The van der Waals surface area contributed by atoms with E-state index in [2.05, 4.69) is 15.1 Å². The summed E-state index contributed by atoms with van der Waals surface area (Å²) in [6, 6.07) is 11.9. The second kappa shape index (κ2) is 7.08. The highest BCUT2D eigenvalue weighted by atomic mass is 32.2. The molecule has 0 radical (unpaired) electrons. The maximum Gasteiger partial charge on any atom is 0.188 e. The van der Waals surface area contributed by atoms with Crippen molar-refractivity contribution >= 4 is 17.6 Å². The number of hydrogen-bond acceptors (Lipinski definition) is 5. The van der Waals surface area contributed by atoms with E-state index in [-0.39, 0.29) is 11.1 Å². The average molecular weight is 302 g/mol. The Hall–Kier alpha value is -2.08. The average Bonchev–Trinajstić information content (AvgIpc) is 2.46. The highest BCUT2D eigenvalue weighted by Crippen LogP contribution is 2.36. The Morgan fingerprint density at radius 2 is 1.86 bits per heavy atom. The zero-order valence-corrected chi connectivity index (χ0v) is 12.8. The summed E-state index contributed by atoms with van der Waals surface area (Å²) >= 11 is 1.52. The standard InChI is InChI=1S/C15H18N4OS/c1-10-8-11(2)18-15(17-10)21-13(9-14(16)19-20)12-6-4-3-5-7-12/h3-8,13,20H,9H2,1-2H3,(H2,16,19). The highest BCUT2D eigenvalue weighted by molar-refractivity contribution is 7.99. The molecule has 1 heterocycles. The summed E-state index contributed by atoms with van der Waals surface area (Å²) in [7, 11) is 0. The Kier molecular flexibility index (Phi) is 5.16. The van der Waals surface area contributed by atoms with Gasteiger partial charge in [0.15, 0.2) is 5.16 Å². The third-order valence-corrected chi connectivity index (χ3v) is 4.02. The smallest absolute Gasteiger partial charge is 0.188 e. The van der Waals surface area contributed by atoms with Gasteiger partial charge in [0.25, 0.3) is 0 Å². The maximum atomic E-state index is 8.81. The van der Waals surface area contributed by atoms with Crippen molar-refractivity contribution in [3.05, 3.63) is 53.3 Å². The van der Waals surface area contributed by atoms with Gasteiger partial charge in [-0.1, -0.05) is 47.2 Å². The SMILES string of the molecule is Cc1cc(C)nc(SC(CC(N)=NO)c2ccccc2)n1. The van der Waals surface area contributed by atoms with Crippen LogP contribution in [0.3, 0.4) is 0 Å². The van der Waals surface area contributed by atoms with E-state index in [4.69, 9.17) is 10.9 Å². The van der Waals surface area contributed by atoms with Crippen LogP contribution in [0, 0.1) is 13.8 Å². The molecule has 5 nitrogen and oxygen atoms in total. The highest BCUT2D eigenvalue weighted by Gasteiger charge is 2.17. The van der Waals surface area contributed by atoms with Crippen molar-refractivity contribution in [2.24, 2.45) is 10.9 Å². The lowest BCUT2D eigenvalue weighted by atomic mass is 10.1. The van der Waals surface area contributed by atoms with Gasteiger partial charge in [0, 0.05) is 23.1 Å². The molecule has 1 unspecified atom stereocenters. The number of benzene rings is 1. The van der Waals surface area contributed by atoms with Crippen LogP contribution in [-0.2, 0) is 0 Å². The first-order chi connectivity index (χ1) is 10.1. The molecule has 0 aliphatic rings. The Labute approximate surface area is 128 Å². The van der Waals surface area contributed by atoms with Gasteiger partial charge in [-0.15, -0.1) is 0 Å². The van der Waals surface area contributed by atoms with E-state index in [0.29, 0.717) is 11.6 Å². The van der Waals surface area contributed by atoms with Crippen LogP contribution in [-0.4, -0.2) is 21.0 Å². The van der Waals surface area contributed by atoms with Gasteiger partial charge in [-0.2, -0.15) is 0 Å². The molecule has 6 heteroatoms. The summed E-state index contributed by atoms with van der Waals surface area (Å²) in [5.74, 6) is 0.195. The number of rotatable bonds is 5. The van der Waals surface area contributed by atoms with Gasteiger partial charge in [0.05, 0.1) is 0 Å². The molecule has 1 aromatic heterocycles. The van der Waals surface area contributed by atoms with Crippen LogP contribution in [0.15, 0.2) is 46.7 Å². The Morgan fingerprint density at radius 1 is 1.24 bits per heavy atom. The zero-order valence-electron chi connectivity index (χ0n) is 12.0. The van der Waals surface area contributed by atoms with Crippen LogP contribution in [0.4, 0.5) is 0 Å². The van der Waals surface area contributed by atoms with E-state index < -0.39 is 0 Å². The fourth-order valence-electron chi connectivity index (χ4n) is 2.00. The number of aromatic nitrogens is 2. The summed E-state index contributed by atoms with van der Waals surface area (Å²) in [5.41, 5.74) is 8.63. The minimum Gasteiger partial charge on any atom is -0.409 e. The van der Waals surface area contributed by atoms with Crippen molar-refractivity contribution in [2.45, 2.75) is 30.7 Å². The van der Waals surface area contributed by atoms with Crippen LogP contribution in [0.1, 0.15) is 28.6 Å². The topological polar surface area (TPSA) is 84.4 Å². The summed E-state index contributed by atoms with van der Waals surface area (Å²) in [6.07, 6.45) is 0.432. The van der Waals surface area contributed by atoms with Crippen molar-refractivity contribution in [2.75, 3.05) is 0 Å². The molecular formula is C15H18N4OS. The van der Waals surface area contributed by atoms with E-state index in [0.717, 1.165) is 17.0 Å². The molecular weight excluding hydrogens is 284 g/mol. The minimum absolute atomic E-state index is 0.00306.